The molecule has 18 heavy (non-hydrogen) atoms. The third kappa shape index (κ3) is 3.56. The van der Waals surface area contributed by atoms with E-state index >= 15 is 0 Å². The van der Waals surface area contributed by atoms with Crippen molar-refractivity contribution in [3.8, 4) is 0 Å². The highest BCUT2D eigenvalue weighted by Crippen LogP contribution is 2.17. The van der Waals surface area contributed by atoms with E-state index in [1.54, 1.807) is 11.3 Å². The zero-order valence-corrected chi connectivity index (χ0v) is 12.0. The Hall–Kier alpha value is -0.870. The van der Waals surface area contributed by atoms with Gasteiger partial charge in [-0.3, -0.25) is 9.69 Å². The van der Waals surface area contributed by atoms with Gasteiger partial charge in [-0.25, -0.2) is 0 Å². The maximum absolute atomic E-state index is 12.1. The summed E-state index contributed by atoms with van der Waals surface area (Å²) in [6.45, 7) is 7.04. The molecule has 1 aliphatic rings. The normalized spacial score (nSPS) is 22.7. The van der Waals surface area contributed by atoms with Gasteiger partial charge in [0.2, 0.25) is 5.91 Å². The number of hydrogen-bond donors (Lipinski definition) is 1. The van der Waals surface area contributed by atoms with Gasteiger partial charge in [0.1, 0.15) is 0 Å². The van der Waals surface area contributed by atoms with Gasteiger partial charge in [0.05, 0.1) is 12.6 Å². The Bertz CT molecular complexity index is 377. The fraction of sp³-hybridized carbons (Fsp3) is 0.643. The predicted molar refractivity (Wildman–Crippen MR) is 75.6 cm³/mol. The van der Waals surface area contributed by atoms with Gasteiger partial charge in [-0.1, -0.05) is 13.0 Å². The van der Waals surface area contributed by atoms with Crippen LogP contribution in [0.1, 0.15) is 31.6 Å². The quantitative estimate of drug-likeness (QED) is 0.908. The lowest BCUT2D eigenvalue weighted by atomic mass is 9.99. The standard InChI is InChI=1S/C14H22N2OS/c1-11-5-3-7-16(10-11)12(2)14(17)15-9-13-6-4-8-18-13/h4,6,8,11-12H,3,5,7,9-10H2,1-2H3,(H,15,17). The fourth-order valence-corrected chi connectivity index (χ4v) is 3.12. The van der Waals surface area contributed by atoms with Crippen LogP contribution in [0.15, 0.2) is 17.5 Å². The summed E-state index contributed by atoms with van der Waals surface area (Å²) in [7, 11) is 0. The first kappa shape index (κ1) is 13.6. The Kier molecular flexibility index (Phi) is 4.78. The molecule has 0 bridgehead atoms. The molecule has 0 aromatic carbocycles. The van der Waals surface area contributed by atoms with Crippen molar-refractivity contribution in [3.05, 3.63) is 22.4 Å². The third-order valence-corrected chi connectivity index (χ3v) is 4.51. The average molecular weight is 266 g/mol. The molecule has 100 valence electrons. The molecule has 1 aromatic heterocycles. The zero-order valence-electron chi connectivity index (χ0n) is 11.2. The molecule has 0 saturated carbocycles. The predicted octanol–water partition coefficient (Wildman–Crippen LogP) is 2.48. The molecule has 2 unspecified atom stereocenters. The summed E-state index contributed by atoms with van der Waals surface area (Å²) in [4.78, 5) is 15.6. The van der Waals surface area contributed by atoms with Crippen LogP contribution in [0.4, 0.5) is 0 Å². The van der Waals surface area contributed by atoms with Crippen LogP contribution in [-0.4, -0.2) is 29.9 Å². The Morgan fingerprint density at radius 2 is 2.50 bits per heavy atom. The molecule has 1 amide bonds. The van der Waals surface area contributed by atoms with E-state index in [4.69, 9.17) is 0 Å². The van der Waals surface area contributed by atoms with Crippen LogP contribution in [0.3, 0.4) is 0 Å². The van der Waals surface area contributed by atoms with E-state index in [9.17, 15) is 4.79 Å². The Morgan fingerprint density at radius 1 is 1.67 bits per heavy atom. The number of hydrogen-bond acceptors (Lipinski definition) is 3. The summed E-state index contributed by atoms with van der Waals surface area (Å²) < 4.78 is 0. The molecule has 1 fully saturated rings. The molecular weight excluding hydrogens is 244 g/mol. The summed E-state index contributed by atoms with van der Waals surface area (Å²) in [5.41, 5.74) is 0. The number of thiophene rings is 1. The molecule has 1 aliphatic heterocycles. The van der Waals surface area contributed by atoms with Crippen LogP contribution in [0, 0.1) is 5.92 Å². The Labute approximate surface area is 113 Å². The molecule has 1 aromatic rings. The van der Waals surface area contributed by atoms with Gasteiger partial charge in [-0.05, 0) is 43.7 Å². The summed E-state index contributed by atoms with van der Waals surface area (Å²) in [6.07, 6.45) is 2.50. The molecular formula is C14H22N2OS. The molecule has 4 heteroatoms. The second-order valence-electron chi connectivity index (χ2n) is 5.22. The lowest BCUT2D eigenvalue weighted by Gasteiger charge is -2.34. The van der Waals surface area contributed by atoms with E-state index in [0.717, 1.165) is 13.1 Å². The molecule has 3 nitrogen and oxygen atoms in total. The lowest BCUT2D eigenvalue weighted by molar-refractivity contribution is -0.126. The van der Waals surface area contributed by atoms with Gasteiger partial charge < -0.3 is 5.32 Å². The smallest absolute Gasteiger partial charge is 0.237 e. The SMILES string of the molecule is CC1CCCN(C(C)C(=O)NCc2cccs2)C1. The molecule has 2 atom stereocenters. The van der Waals surface area contributed by atoms with Gasteiger partial charge in [0.25, 0.3) is 0 Å². The van der Waals surface area contributed by atoms with Crippen LogP contribution < -0.4 is 5.32 Å². The molecule has 0 aliphatic carbocycles. The van der Waals surface area contributed by atoms with Crippen molar-refractivity contribution in [1.29, 1.82) is 0 Å². The highest BCUT2D eigenvalue weighted by atomic mass is 32.1. The topological polar surface area (TPSA) is 32.3 Å². The van der Waals surface area contributed by atoms with Crippen molar-refractivity contribution >= 4 is 17.2 Å². The number of amides is 1. The minimum Gasteiger partial charge on any atom is -0.350 e. The van der Waals surface area contributed by atoms with E-state index in [0.29, 0.717) is 12.5 Å². The minimum atomic E-state index is -0.00675. The number of piperidine rings is 1. The largest absolute Gasteiger partial charge is 0.350 e. The fourth-order valence-electron chi connectivity index (χ4n) is 2.48. The first-order valence-electron chi connectivity index (χ1n) is 6.71. The van der Waals surface area contributed by atoms with Crippen LogP contribution >= 0.6 is 11.3 Å². The molecule has 2 heterocycles. The van der Waals surface area contributed by atoms with Gasteiger partial charge >= 0.3 is 0 Å². The molecule has 1 N–H and O–H groups in total. The Balaban J connectivity index is 1.80. The first-order valence-corrected chi connectivity index (χ1v) is 7.59. The van der Waals surface area contributed by atoms with E-state index in [-0.39, 0.29) is 11.9 Å². The van der Waals surface area contributed by atoms with Crippen molar-refractivity contribution in [1.82, 2.24) is 10.2 Å². The summed E-state index contributed by atoms with van der Waals surface area (Å²) in [5, 5.41) is 5.07. The average Bonchev–Trinajstić information content (AvgIpc) is 2.88. The second-order valence-corrected chi connectivity index (χ2v) is 6.25. The monoisotopic (exact) mass is 266 g/mol. The second kappa shape index (κ2) is 6.34. The maximum atomic E-state index is 12.1. The van der Waals surface area contributed by atoms with Gasteiger partial charge in [-0.15, -0.1) is 11.3 Å². The van der Waals surface area contributed by atoms with Crippen molar-refractivity contribution < 1.29 is 4.79 Å². The highest BCUT2D eigenvalue weighted by Gasteiger charge is 2.25. The number of carbonyl (C=O) groups is 1. The summed E-state index contributed by atoms with van der Waals surface area (Å²) >= 11 is 1.68. The lowest BCUT2D eigenvalue weighted by Crippen LogP contribution is -2.48. The van der Waals surface area contributed by atoms with Gasteiger partial charge in [-0.2, -0.15) is 0 Å². The molecule has 0 radical (unpaired) electrons. The number of likely N-dealkylation sites (tertiary alicyclic amines) is 1. The van der Waals surface area contributed by atoms with Crippen molar-refractivity contribution in [2.24, 2.45) is 5.92 Å². The van der Waals surface area contributed by atoms with Crippen LogP contribution in [0.25, 0.3) is 0 Å². The van der Waals surface area contributed by atoms with Crippen molar-refractivity contribution in [3.63, 3.8) is 0 Å². The van der Waals surface area contributed by atoms with E-state index in [1.807, 2.05) is 18.4 Å². The number of carbonyl (C=O) groups excluding carboxylic acids is 1. The molecule has 2 rings (SSSR count). The number of rotatable bonds is 4. The summed E-state index contributed by atoms with van der Waals surface area (Å²) in [5.74, 6) is 0.865. The van der Waals surface area contributed by atoms with Gasteiger partial charge in [0, 0.05) is 11.4 Å². The molecule has 1 saturated heterocycles. The number of nitrogens with zero attached hydrogens (tertiary/aromatic N) is 1. The van der Waals surface area contributed by atoms with Gasteiger partial charge in [0.15, 0.2) is 0 Å². The zero-order chi connectivity index (χ0) is 13.0. The van der Waals surface area contributed by atoms with E-state index in [1.165, 1.54) is 17.7 Å². The third-order valence-electron chi connectivity index (χ3n) is 3.63. The van der Waals surface area contributed by atoms with E-state index in [2.05, 4.69) is 23.2 Å². The highest BCUT2D eigenvalue weighted by molar-refractivity contribution is 7.09. The summed E-state index contributed by atoms with van der Waals surface area (Å²) in [6, 6.07) is 4.06. The molecule has 0 spiro atoms. The van der Waals surface area contributed by atoms with Crippen LogP contribution in [-0.2, 0) is 11.3 Å². The van der Waals surface area contributed by atoms with Crippen molar-refractivity contribution in [2.45, 2.75) is 39.3 Å². The maximum Gasteiger partial charge on any atom is 0.237 e. The Morgan fingerprint density at radius 3 is 3.17 bits per heavy atom. The first-order chi connectivity index (χ1) is 8.66. The number of nitrogens with one attached hydrogen (secondary N) is 1. The van der Waals surface area contributed by atoms with Crippen molar-refractivity contribution in [2.75, 3.05) is 13.1 Å². The van der Waals surface area contributed by atoms with Crippen LogP contribution in [0.2, 0.25) is 0 Å². The van der Waals surface area contributed by atoms with E-state index < -0.39 is 0 Å². The minimum absolute atomic E-state index is 0.00675. The van der Waals surface area contributed by atoms with Crippen LogP contribution in [0.5, 0.6) is 0 Å².